The van der Waals surface area contributed by atoms with Gasteiger partial charge in [-0.1, -0.05) is 40.8 Å². The van der Waals surface area contributed by atoms with Crippen LogP contribution in [0.2, 0.25) is 0 Å². The molecular weight excluding hydrogens is 214 g/mol. The lowest BCUT2D eigenvalue weighted by Gasteiger charge is -1.97. The lowest BCUT2D eigenvalue weighted by molar-refractivity contribution is 1.02. The van der Waals surface area contributed by atoms with E-state index < -0.39 is 0 Å². The van der Waals surface area contributed by atoms with Crippen molar-refractivity contribution in [2.24, 2.45) is 0 Å². The molecule has 0 radical (unpaired) electrons. The van der Waals surface area contributed by atoms with Gasteiger partial charge in [0.15, 0.2) is 4.34 Å². The minimum absolute atomic E-state index is 0.514. The van der Waals surface area contributed by atoms with Crippen LogP contribution in [0.1, 0.15) is 5.56 Å². The van der Waals surface area contributed by atoms with Crippen molar-refractivity contribution < 1.29 is 0 Å². The Morgan fingerprint density at radius 2 is 2.21 bits per heavy atom. The summed E-state index contributed by atoms with van der Waals surface area (Å²) in [5.41, 5.74) is 6.74. The zero-order valence-corrected chi connectivity index (χ0v) is 9.23. The van der Waals surface area contributed by atoms with E-state index in [2.05, 4.69) is 35.3 Å². The summed E-state index contributed by atoms with van der Waals surface area (Å²) in [4.78, 5) is 1.17. The van der Waals surface area contributed by atoms with Crippen LogP contribution in [0.15, 0.2) is 33.5 Å². The van der Waals surface area contributed by atoms with E-state index in [4.69, 9.17) is 5.73 Å². The minimum atomic E-state index is 0.514. The summed E-state index contributed by atoms with van der Waals surface area (Å²) in [7, 11) is 0. The minimum Gasteiger partial charge on any atom is -0.374 e. The lowest BCUT2D eigenvalue weighted by atomic mass is 10.2. The van der Waals surface area contributed by atoms with E-state index in [1.165, 1.54) is 21.8 Å². The quantitative estimate of drug-likeness (QED) is 0.850. The molecule has 1 heterocycles. The molecule has 0 aliphatic heterocycles. The zero-order valence-electron chi connectivity index (χ0n) is 7.60. The summed E-state index contributed by atoms with van der Waals surface area (Å²) in [6.07, 6.45) is 0. The Morgan fingerprint density at radius 3 is 2.86 bits per heavy atom. The van der Waals surface area contributed by atoms with Gasteiger partial charge in [0.05, 0.1) is 0 Å². The molecule has 0 atom stereocenters. The molecule has 2 aromatic rings. The largest absolute Gasteiger partial charge is 0.374 e. The molecule has 0 aliphatic rings. The van der Waals surface area contributed by atoms with Crippen molar-refractivity contribution in [1.82, 2.24) is 10.2 Å². The van der Waals surface area contributed by atoms with Gasteiger partial charge in [-0.2, -0.15) is 0 Å². The maximum atomic E-state index is 5.49. The van der Waals surface area contributed by atoms with Crippen LogP contribution in [0.5, 0.6) is 0 Å². The van der Waals surface area contributed by atoms with Crippen molar-refractivity contribution in [2.45, 2.75) is 16.2 Å². The van der Waals surface area contributed by atoms with Crippen LogP contribution in [0.4, 0.5) is 5.13 Å². The zero-order chi connectivity index (χ0) is 9.97. The number of aryl methyl sites for hydroxylation is 1. The highest BCUT2D eigenvalue weighted by Gasteiger charge is 2.02. The molecular formula is C9H9N3S2. The number of hydrogen-bond acceptors (Lipinski definition) is 5. The number of benzene rings is 1. The van der Waals surface area contributed by atoms with Gasteiger partial charge < -0.3 is 5.73 Å². The Bertz CT molecular complexity index is 439. The molecule has 72 valence electrons. The number of rotatable bonds is 2. The molecule has 2 rings (SSSR count). The summed E-state index contributed by atoms with van der Waals surface area (Å²) in [6, 6.07) is 8.26. The Hall–Kier alpha value is -1.07. The molecule has 2 N–H and O–H groups in total. The van der Waals surface area contributed by atoms with Gasteiger partial charge in [0, 0.05) is 4.90 Å². The highest BCUT2D eigenvalue weighted by Crippen LogP contribution is 2.30. The summed E-state index contributed by atoms with van der Waals surface area (Å²) in [5.74, 6) is 0. The van der Waals surface area contributed by atoms with E-state index >= 15 is 0 Å². The molecule has 0 bridgehead atoms. The summed E-state index contributed by atoms with van der Waals surface area (Å²) in [6.45, 7) is 2.07. The van der Waals surface area contributed by atoms with Crippen molar-refractivity contribution in [3.05, 3.63) is 29.8 Å². The third-order valence-corrected chi connectivity index (χ3v) is 3.41. The predicted octanol–water partition coefficient (Wildman–Crippen LogP) is 2.58. The first-order chi connectivity index (χ1) is 6.74. The van der Waals surface area contributed by atoms with E-state index in [0.29, 0.717) is 5.13 Å². The predicted molar refractivity (Wildman–Crippen MR) is 59.6 cm³/mol. The number of nitrogen functional groups attached to an aromatic ring is 1. The smallest absolute Gasteiger partial charge is 0.203 e. The van der Waals surface area contributed by atoms with E-state index in [0.717, 1.165) is 4.34 Å². The van der Waals surface area contributed by atoms with Crippen LogP contribution in [0.3, 0.4) is 0 Å². The highest BCUT2D eigenvalue weighted by molar-refractivity contribution is 8.01. The second-order valence-corrected chi connectivity index (χ2v) is 5.15. The summed E-state index contributed by atoms with van der Waals surface area (Å²) in [5, 5.41) is 8.22. The molecule has 0 unspecified atom stereocenters. The van der Waals surface area contributed by atoms with Crippen molar-refractivity contribution >= 4 is 28.2 Å². The fourth-order valence-corrected chi connectivity index (χ4v) is 2.77. The fourth-order valence-electron chi connectivity index (χ4n) is 1.04. The maximum Gasteiger partial charge on any atom is 0.203 e. The van der Waals surface area contributed by atoms with Crippen molar-refractivity contribution in [2.75, 3.05) is 5.73 Å². The SMILES string of the molecule is Cc1cccc(Sc2nnc(N)s2)c1. The average molecular weight is 223 g/mol. The molecule has 0 saturated heterocycles. The van der Waals surface area contributed by atoms with Gasteiger partial charge in [-0.25, -0.2) is 0 Å². The van der Waals surface area contributed by atoms with Gasteiger partial charge >= 0.3 is 0 Å². The Balaban J connectivity index is 2.18. The summed E-state index contributed by atoms with van der Waals surface area (Å²) < 4.78 is 0.883. The van der Waals surface area contributed by atoms with Crippen LogP contribution < -0.4 is 5.73 Å². The maximum absolute atomic E-state index is 5.49. The molecule has 5 heteroatoms. The van der Waals surface area contributed by atoms with Crippen molar-refractivity contribution in [3.8, 4) is 0 Å². The fraction of sp³-hybridized carbons (Fsp3) is 0.111. The van der Waals surface area contributed by atoms with Gasteiger partial charge in [-0.15, -0.1) is 10.2 Å². The Labute approximate surface area is 90.4 Å². The second-order valence-electron chi connectivity index (χ2n) is 2.82. The first kappa shape index (κ1) is 9.48. The monoisotopic (exact) mass is 223 g/mol. The first-order valence-corrected chi connectivity index (χ1v) is 5.71. The van der Waals surface area contributed by atoms with E-state index in [1.807, 2.05) is 6.07 Å². The topological polar surface area (TPSA) is 51.8 Å². The molecule has 0 saturated carbocycles. The highest BCUT2D eigenvalue weighted by atomic mass is 32.2. The molecule has 1 aromatic carbocycles. The molecule has 14 heavy (non-hydrogen) atoms. The van der Waals surface area contributed by atoms with Crippen LogP contribution in [-0.4, -0.2) is 10.2 Å². The van der Waals surface area contributed by atoms with Crippen molar-refractivity contribution in [1.29, 1.82) is 0 Å². The van der Waals surface area contributed by atoms with Gasteiger partial charge in [0.2, 0.25) is 5.13 Å². The molecule has 3 nitrogen and oxygen atoms in total. The lowest BCUT2D eigenvalue weighted by Crippen LogP contribution is -1.79. The Morgan fingerprint density at radius 1 is 1.36 bits per heavy atom. The normalized spacial score (nSPS) is 10.4. The standard InChI is InChI=1S/C9H9N3S2/c1-6-3-2-4-7(5-6)13-9-12-11-8(10)14-9/h2-5H,1H3,(H2,10,11). The number of nitrogens with two attached hydrogens (primary N) is 1. The van der Waals surface area contributed by atoms with Gasteiger partial charge in [0.25, 0.3) is 0 Å². The van der Waals surface area contributed by atoms with E-state index in [9.17, 15) is 0 Å². The van der Waals surface area contributed by atoms with Crippen LogP contribution >= 0.6 is 23.1 Å². The van der Waals surface area contributed by atoms with Crippen LogP contribution in [-0.2, 0) is 0 Å². The van der Waals surface area contributed by atoms with E-state index in [1.54, 1.807) is 11.8 Å². The van der Waals surface area contributed by atoms with Crippen molar-refractivity contribution in [3.63, 3.8) is 0 Å². The molecule has 0 aliphatic carbocycles. The van der Waals surface area contributed by atoms with Crippen LogP contribution in [0.25, 0.3) is 0 Å². The molecule has 0 fully saturated rings. The average Bonchev–Trinajstić information content (AvgIpc) is 2.51. The van der Waals surface area contributed by atoms with Gasteiger partial charge in [0.1, 0.15) is 0 Å². The summed E-state index contributed by atoms with van der Waals surface area (Å²) >= 11 is 2.99. The number of aromatic nitrogens is 2. The molecule has 1 aromatic heterocycles. The van der Waals surface area contributed by atoms with Gasteiger partial charge in [-0.05, 0) is 19.1 Å². The Kier molecular flexibility index (Phi) is 2.69. The second kappa shape index (κ2) is 3.98. The van der Waals surface area contributed by atoms with Gasteiger partial charge in [-0.3, -0.25) is 0 Å². The van der Waals surface area contributed by atoms with Crippen LogP contribution in [0, 0.1) is 6.92 Å². The number of hydrogen-bond donors (Lipinski definition) is 1. The third kappa shape index (κ3) is 2.24. The third-order valence-electron chi connectivity index (χ3n) is 1.62. The number of nitrogens with zero attached hydrogens (tertiary/aromatic N) is 2. The van der Waals surface area contributed by atoms with E-state index in [-0.39, 0.29) is 0 Å². The first-order valence-electron chi connectivity index (χ1n) is 4.07. The molecule has 0 spiro atoms. The number of anilines is 1. The molecule has 0 amide bonds.